The number of amides is 1. The first-order valence-corrected chi connectivity index (χ1v) is 12.3. The van der Waals surface area contributed by atoms with Crippen molar-refractivity contribution in [3.63, 3.8) is 0 Å². The molecule has 4 aromatic rings. The molecule has 1 unspecified atom stereocenters. The Balaban J connectivity index is 1.68. The molecule has 1 aliphatic heterocycles. The van der Waals surface area contributed by atoms with Crippen LogP contribution in [0, 0.1) is 13.8 Å². The van der Waals surface area contributed by atoms with Crippen molar-refractivity contribution in [2.24, 2.45) is 4.99 Å². The van der Waals surface area contributed by atoms with Gasteiger partial charge in [0.05, 0.1) is 21.4 Å². The summed E-state index contributed by atoms with van der Waals surface area (Å²) in [6.07, 6.45) is 1.55. The minimum atomic E-state index is -1.09. The Hall–Kier alpha value is -4.50. The molecule has 37 heavy (non-hydrogen) atoms. The maximum atomic E-state index is 13.7. The highest BCUT2D eigenvalue weighted by Gasteiger charge is 2.34. The summed E-state index contributed by atoms with van der Waals surface area (Å²) in [4.78, 5) is 44.0. The Morgan fingerprint density at radius 3 is 2.49 bits per heavy atom. The number of allylic oxidation sites excluding steroid dienone is 1. The average Bonchev–Trinajstić information content (AvgIpc) is 3.42. The molecule has 2 aromatic carbocycles. The van der Waals surface area contributed by atoms with E-state index in [-0.39, 0.29) is 11.5 Å². The summed E-state index contributed by atoms with van der Waals surface area (Å²) in [7, 11) is 0. The molecule has 0 aliphatic carbocycles. The Morgan fingerprint density at radius 1 is 1.05 bits per heavy atom. The van der Waals surface area contributed by atoms with Crippen molar-refractivity contribution >= 4 is 35.0 Å². The van der Waals surface area contributed by atoms with Crippen LogP contribution in [0.5, 0.6) is 0 Å². The Morgan fingerprint density at radius 2 is 1.78 bits per heavy atom. The molecule has 0 radical (unpaired) electrons. The van der Waals surface area contributed by atoms with Crippen molar-refractivity contribution < 1.29 is 19.1 Å². The molecule has 2 N–H and O–H groups in total. The van der Waals surface area contributed by atoms with Gasteiger partial charge in [-0.05, 0) is 62.2 Å². The van der Waals surface area contributed by atoms with Gasteiger partial charge < -0.3 is 14.8 Å². The van der Waals surface area contributed by atoms with Crippen molar-refractivity contribution in [2.75, 3.05) is 5.32 Å². The highest BCUT2D eigenvalue weighted by molar-refractivity contribution is 7.07. The number of aryl methyl sites for hydroxylation is 2. The molecule has 2 aromatic heterocycles. The van der Waals surface area contributed by atoms with E-state index in [0.29, 0.717) is 43.4 Å². The summed E-state index contributed by atoms with van der Waals surface area (Å²) in [6.45, 7) is 5.42. The van der Waals surface area contributed by atoms with Gasteiger partial charge in [0.25, 0.3) is 11.5 Å². The number of carboxylic acid groups (broad SMARTS) is 1. The summed E-state index contributed by atoms with van der Waals surface area (Å²) in [5.74, 6) is -0.407. The first kappa shape index (κ1) is 24.2. The maximum Gasteiger partial charge on any atom is 0.336 e. The van der Waals surface area contributed by atoms with Crippen LogP contribution in [0.1, 0.15) is 46.0 Å². The lowest BCUT2D eigenvalue weighted by Crippen LogP contribution is -2.40. The van der Waals surface area contributed by atoms with Crippen molar-refractivity contribution in [3.8, 4) is 0 Å². The average molecular weight is 514 g/mol. The molecule has 9 heteroatoms. The van der Waals surface area contributed by atoms with Crippen LogP contribution in [0.25, 0.3) is 6.08 Å². The Bertz CT molecular complexity index is 1770. The predicted molar refractivity (Wildman–Crippen MR) is 140 cm³/mol. The number of hydrogen-bond donors (Lipinski definition) is 2. The summed E-state index contributed by atoms with van der Waals surface area (Å²) >= 11 is 1.13. The molecular weight excluding hydrogens is 490 g/mol. The maximum absolute atomic E-state index is 13.7. The van der Waals surface area contributed by atoms with Crippen LogP contribution in [-0.4, -0.2) is 21.6 Å². The number of aromatic carboxylic acids is 1. The third kappa shape index (κ3) is 4.45. The molecule has 0 saturated carbocycles. The second-order valence-corrected chi connectivity index (χ2v) is 9.70. The van der Waals surface area contributed by atoms with Gasteiger partial charge in [0.1, 0.15) is 17.6 Å². The fraction of sp³-hybridized carbons (Fsp3) is 0.143. The van der Waals surface area contributed by atoms with E-state index in [9.17, 15) is 19.5 Å². The number of carbonyl (C=O) groups is 2. The van der Waals surface area contributed by atoms with Gasteiger partial charge in [0.2, 0.25) is 0 Å². The molecule has 0 spiro atoms. The van der Waals surface area contributed by atoms with E-state index in [1.807, 2.05) is 31.2 Å². The number of aromatic nitrogens is 1. The molecule has 1 atom stereocenters. The largest absolute Gasteiger partial charge is 0.478 e. The summed E-state index contributed by atoms with van der Waals surface area (Å²) in [6, 6.07) is 16.6. The Kier molecular flexibility index (Phi) is 6.22. The zero-order valence-corrected chi connectivity index (χ0v) is 21.1. The SMILES string of the molecule is CC1=C(C(=O)Nc2ccccc2C)C(c2ccc(C)o2)n2c(sc(=Cc3ccccc3C(=O)O)c2=O)=N1. The van der Waals surface area contributed by atoms with Gasteiger partial charge in [0, 0.05) is 5.69 Å². The van der Waals surface area contributed by atoms with Crippen LogP contribution in [0.3, 0.4) is 0 Å². The van der Waals surface area contributed by atoms with E-state index in [0.717, 1.165) is 16.9 Å². The van der Waals surface area contributed by atoms with Crippen LogP contribution >= 0.6 is 11.3 Å². The number of nitrogens with zero attached hydrogens (tertiary/aromatic N) is 2. The first-order chi connectivity index (χ1) is 17.7. The quantitative estimate of drug-likeness (QED) is 0.422. The number of carboxylic acids is 1. The molecule has 0 saturated heterocycles. The Labute approximate surface area is 215 Å². The molecule has 1 amide bonds. The van der Waals surface area contributed by atoms with E-state index >= 15 is 0 Å². The smallest absolute Gasteiger partial charge is 0.336 e. The third-order valence-electron chi connectivity index (χ3n) is 6.17. The molecule has 186 valence electrons. The van der Waals surface area contributed by atoms with Gasteiger partial charge in [-0.25, -0.2) is 9.79 Å². The van der Waals surface area contributed by atoms with Gasteiger partial charge in [-0.2, -0.15) is 0 Å². The monoisotopic (exact) mass is 513 g/mol. The normalized spacial score (nSPS) is 15.3. The number of anilines is 1. The minimum absolute atomic E-state index is 0.0843. The zero-order chi connectivity index (χ0) is 26.3. The van der Waals surface area contributed by atoms with Crippen molar-refractivity contribution in [2.45, 2.75) is 26.8 Å². The number of benzene rings is 2. The number of fused-ring (bicyclic) bond motifs is 1. The zero-order valence-electron chi connectivity index (χ0n) is 20.3. The lowest BCUT2D eigenvalue weighted by molar-refractivity contribution is -0.113. The summed E-state index contributed by atoms with van der Waals surface area (Å²) in [5, 5.41) is 12.5. The van der Waals surface area contributed by atoms with E-state index in [2.05, 4.69) is 10.3 Å². The molecule has 8 nitrogen and oxygen atoms in total. The number of rotatable bonds is 5. The second-order valence-electron chi connectivity index (χ2n) is 8.69. The molecule has 1 aliphatic rings. The van der Waals surface area contributed by atoms with E-state index in [1.54, 1.807) is 50.3 Å². The van der Waals surface area contributed by atoms with Gasteiger partial charge in [0.15, 0.2) is 4.80 Å². The first-order valence-electron chi connectivity index (χ1n) is 11.5. The lowest BCUT2D eigenvalue weighted by atomic mass is 10.00. The van der Waals surface area contributed by atoms with Crippen LogP contribution in [-0.2, 0) is 4.79 Å². The number of thiazole rings is 1. The molecule has 0 bridgehead atoms. The minimum Gasteiger partial charge on any atom is -0.478 e. The predicted octanol–water partition coefficient (Wildman–Crippen LogP) is 3.78. The van der Waals surface area contributed by atoms with Crippen molar-refractivity contribution in [1.82, 2.24) is 4.57 Å². The number of furan rings is 1. The van der Waals surface area contributed by atoms with Crippen LogP contribution in [0.15, 0.2) is 86.1 Å². The van der Waals surface area contributed by atoms with Crippen molar-refractivity contribution in [1.29, 1.82) is 0 Å². The molecule has 3 heterocycles. The highest BCUT2D eigenvalue weighted by atomic mass is 32.1. The highest BCUT2D eigenvalue weighted by Crippen LogP contribution is 2.32. The standard InChI is InChI=1S/C28H23N3O5S/c1-15-8-4-7-11-20(15)30-25(32)23-17(3)29-28-31(24(23)21-13-12-16(2)36-21)26(33)22(37-28)14-18-9-5-6-10-19(18)27(34)35/h4-14,24H,1-3H3,(H,30,32)(H,34,35). The second kappa shape index (κ2) is 9.51. The molecule has 5 rings (SSSR count). The van der Waals surface area contributed by atoms with Gasteiger partial charge >= 0.3 is 5.97 Å². The topological polar surface area (TPSA) is 114 Å². The number of carbonyl (C=O) groups excluding carboxylic acids is 1. The van der Waals surface area contributed by atoms with Crippen LogP contribution < -0.4 is 20.2 Å². The molecular formula is C28H23N3O5S. The van der Waals surface area contributed by atoms with E-state index in [4.69, 9.17) is 4.42 Å². The van der Waals surface area contributed by atoms with Crippen LogP contribution in [0.2, 0.25) is 0 Å². The third-order valence-corrected chi connectivity index (χ3v) is 7.15. The van der Waals surface area contributed by atoms with Gasteiger partial charge in [-0.3, -0.25) is 14.2 Å². The molecule has 0 fully saturated rings. The fourth-order valence-electron chi connectivity index (χ4n) is 4.34. The van der Waals surface area contributed by atoms with Gasteiger partial charge in [-0.15, -0.1) is 0 Å². The van der Waals surface area contributed by atoms with Crippen LogP contribution in [0.4, 0.5) is 5.69 Å². The van der Waals surface area contributed by atoms with E-state index < -0.39 is 17.6 Å². The fourth-order valence-corrected chi connectivity index (χ4v) is 5.38. The number of nitrogens with one attached hydrogen (secondary N) is 1. The number of hydrogen-bond acceptors (Lipinski definition) is 6. The van der Waals surface area contributed by atoms with E-state index in [1.165, 1.54) is 10.6 Å². The summed E-state index contributed by atoms with van der Waals surface area (Å²) in [5.41, 5.74) is 2.41. The van der Waals surface area contributed by atoms with Gasteiger partial charge in [-0.1, -0.05) is 47.7 Å². The number of para-hydroxylation sites is 1. The van der Waals surface area contributed by atoms with Crippen molar-refractivity contribution in [3.05, 3.63) is 120 Å². The lowest BCUT2D eigenvalue weighted by Gasteiger charge is -2.23. The summed E-state index contributed by atoms with van der Waals surface area (Å²) < 4.78 is 7.66.